The van der Waals surface area contributed by atoms with Crippen molar-refractivity contribution in [3.63, 3.8) is 0 Å². The minimum absolute atomic E-state index is 0.344. The van der Waals surface area contributed by atoms with Gasteiger partial charge in [-0.1, -0.05) is 0 Å². The van der Waals surface area contributed by atoms with Crippen LogP contribution in [0.5, 0.6) is 0 Å². The summed E-state index contributed by atoms with van der Waals surface area (Å²) in [6.07, 6.45) is -0.838. The van der Waals surface area contributed by atoms with Crippen LogP contribution in [-0.4, -0.2) is 38.0 Å². The Bertz CT molecular complexity index is 87.0. The molecule has 0 aromatic carbocycles. The summed E-state index contributed by atoms with van der Waals surface area (Å²) in [6, 6.07) is 0. The third-order valence-electron chi connectivity index (χ3n) is 0.914. The number of ether oxygens (including phenoxy) is 2. The summed E-state index contributed by atoms with van der Waals surface area (Å²) >= 11 is 0. The van der Waals surface area contributed by atoms with Gasteiger partial charge in [0.05, 0.1) is 13.7 Å². The van der Waals surface area contributed by atoms with Crippen molar-refractivity contribution in [1.29, 1.82) is 0 Å². The number of esters is 1. The van der Waals surface area contributed by atoms with E-state index in [1.807, 2.05) is 0 Å². The van der Waals surface area contributed by atoms with Crippen LogP contribution in [0.4, 0.5) is 0 Å². The molecule has 0 saturated heterocycles. The Morgan fingerprint density at radius 2 is 2.22 bits per heavy atom. The Morgan fingerprint density at radius 1 is 1.67 bits per heavy atom. The summed E-state index contributed by atoms with van der Waals surface area (Å²) in [5, 5.41) is 8.40. The van der Waals surface area contributed by atoms with Gasteiger partial charge >= 0.3 is 5.97 Å². The number of aliphatic hydroxyl groups is 1. The van der Waals surface area contributed by atoms with Crippen molar-refractivity contribution in [2.24, 2.45) is 0 Å². The normalized spacial score (nSPS) is 12.8. The lowest BCUT2D eigenvalue weighted by Crippen LogP contribution is -2.27. The third-order valence-corrected chi connectivity index (χ3v) is 0.914. The molecule has 0 amide bonds. The number of carbonyl (C=O) groups excluding carboxylic acids is 1. The van der Waals surface area contributed by atoms with E-state index < -0.39 is 12.1 Å². The SMILES string of the molecule is COC(=O)[C@H](CO)OC. The van der Waals surface area contributed by atoms with Crippen LogP contribution in [0.2, 0.25) is 0 Å². The maximum Gasteiger partial charge on any atom is 0.337 e. The van der Waals surface area contributed by atoms with Gasteiger partial charge in [-0.25, -0.2) is 4.79 Å². The highest BCUT2D eigenvalue weighted by Crippen LogP contribution is 1.89. The van der Waals surface area contributed by atoms with Crippen LogP contribution in [0.1, 0.15) is 0 Å². The van der Waals surface area contributed by atoms with Gasteiger partial charge in [0.25, 0.3) is 0 Å². The number of hydrogen-bond acceptors (Lipinski definition) is 4. The molecule has 1 atom stereocenters. The van der Waals surface area contributed by atoms with Crippen molar-refractivity contribution in [2.45, 2.75) is 6.10 Å². The van der Waals surface area contributed by atoms with Crippen molar-refractivity contribution >= 4 is 5.97 Å². The van der Waals surface area contributed by atoms with Gasteiger partial charge in [-0.2, -0.15) is 0 Å². The predicted octanol–water partition coefficient (Wildman–Crippen LogP) is -0.833. The maximum atomic E-state index is 10.5. The van der Waals surface area contributed by atoms with Crippen LogP contribution >= 0.6 is 0 Å². The van der Waals surface area contributed by atoms with E-state index in [-0.39, 0.29) is 6.61 Å². The van der Waals surface area contributed by atoms with Crippen molar-refractivity contribution in [3.8, 4) is 0 Å². The summed E-state index contributed by atoms with van der Waals surface area (Å²) in [7, 11) is 2.57. The molecular weight excluding hydrogens is 124 g/mol. The largest absolute Gasteiger partial charge is 0.467 e. The number of rotatable bonds is 3. The fourth-order valence-electron chi connectivity index (χ4n) is 0.377. The molecule has 1 N–H and O–H groups in total. The standard InChI is InChI=1S/C5H10O4/c1-8-4(3-6)5(7)9-2/h4,6H,3H2,1-2H3/t4-/m0/s1. The van der Waals surface area contributed by atoms with E-state index in [1.165, 1.54) is 14.2 Å². The van der Waals surface area contributed by atoms with Crippen molar-refractivity contribution in [2.75, 3.05) is 20.8 Å². The molecule has 54 valence electrons. The molecule has 0 aromatic rings. The van der Waals surface area contributed by atoms with Crippen molar-refractivity contribution < 1.29 is 19.4 Å². The van der Waals surface area contributed by atoms with Crippen LogP contribution in [0.3, 0.4) is 0 Å². The minimum Gasteiger partial charge on any atom is -0.467 e. The molecule has 0 fully saturated rings. The molecule has 0 aliphatic rings. The fraction of sp³-hybridized carbons (Fsp3) is 0.800. The van der Waals surface area contributed by atoms with E-state index in [2.05, 4.69) is 9.47 Å². The molecule has 0 spiro atoms. The van der Waals surface area contributed by atoms with Gasteiger partial charge in [-0.15, -0.1) is 0 Å². The van der Waals surface area contributed by atoms with Crippen LogP contribution < -0.4 is 0 Å². The molecule has 0 aliphatic heterocycles. The number of carbonyl (C=O) groups is 1. The van der Waals surface area contributed by atoms with Crippen molar-refractivity contribution in [3.05, 3.63) is 0 Å². The summed E-state index contributed by atoms with van der Waals surface area (Å²) in [5.41, 5.74) is 0. The van der Waals surface area contributed by atoms with E-state index in [0.717, 1.165) is 0 Å². The number of methoxy groups -OCH3 is 2. The van der Waals surface area contributed by atoms with E-state index in [9.17, 15) is 4.79 Å². The van der Waals surface area contributed by atoms with E-state index in [4.69, 9.17) is 5.11 Å². The Balaban J connectivity index is 3.64. The Kier molecular flexibility index (Phi) is 4.00. The zero-order valence-corrected chi connectivity index (χ0v) is 5.46. The molecule has 4 nitrogen and oxygen atoms in total. The lowest BCUT2D eigenvalue weighted by molar-refractivity contribution is -0.154. The minimum atomic E-state index is -0.838. The molecule has 0 saturated carbocycles. The van der Waals surface area contributed by atoms with Crippen molar-refractivity contribution in [1.82, 2.24) is 0 Å². The summed E-state index contributed by atoms with van der Waals surface area (Å²) < 4.78 is 8.80. The first kappa shape index (κ1) is 8.39. The van der Waals surface area contributed by atoms with Gasteiger partial charge in [0.1, 0.15) is 0 Å². The van der Waals surface area contributed by atoms with Gasteiger partial charge in [0.15, 0.2) is 6.10 Å². The first-order chi connectivity index (χ1) is 4.26. The van der Waals surface area contributed by atoms with Gasteiger partial charge in [0.2, 0.25) is 0 Å². The average molecular weight is 134 g/mol. The lowest BCUT2D eigenvalue weighted by atomic mass is 10.4. The predicted molar refractivity (Wildman–Crippen MR) is 29.9 cm³/mol. The molecule has 9 heavy (non-hydrogen) atoms. The third kappa shape index (κ3) is 2.43. The molecular formula is C5H10O4. The number of hydrogen-bond donors (Lipinski definition) is 1. The molecule has 0 bridgehead atoms. The first-order valence-electron chi connectivity index (χ1n) is 2.47. The fourth-order valence-corrected chi connectivity index (χ4v) is 0.377. The highest BCUT2D eigenvalue weighted by Gasteiger charge is 2.15. The molecule has 0 aromatic heterocycles. The number of aliphatic hydroxyl groups excluding tert-OH is 1. The average Bonchev–Trinajstić information content (AvgIpc) is 1.90. The maximum absolute atomic E-state index is 10.5. The molecule has 0 rings (SSSR count). The quantitative estimate of drug-likeness (QED) is 0.512. The molecule has 0 radical (unpaired) electrons. The Hall–Kier alpha value is -0.610. The molecule has 4 heteroatoms. The van der Waals surface area contributed by atoms with E-state index >= 15 is 0 Å². The van der Waals surface area contributed by atoms with Crippen LogP contribution in [0.15, 0.2) is 0 Å². The second-order valence-electron chi connectivity index (χ2n) is 1.43. The molecule has 0 unspecified atom stereocenters. The second kappa shape index (κ2) is 4.29. The van der Waals surface area contributed by atoms with Gasteiger partial charge < -0.3 is 14.6 Å². The smallest absolute Gasteiger partial charge is 0.337 e. The van der Waals surface area contributed by atoms with E-state index in [1.54, 1.807) is 0 Å². The van der Waals surface area contributed by atoms with Crippen LogP contribution in [0, 0.1) is 0 Å². The zero-order chi connectivity index (χ0) is 7.28. The topological polar surface area (TPSA) is 55.8 Å². The van der Waals surface area contributed by atoms with Crippen LogP contribution in [0.25, 0.3) is 0 Å². The summed E-state index contributed by atoms with van der Waals surface area (Å²) in [4.78, 5) is 10.5. The molecule has 0 heterocycles. The van der Waals surface area contributed by atoms with Gasteiger partial charge in [0, 0.05) is 7.11 Å². The van der Waals surface area contributed by atoms with Gasteiger partial charge in [-0.3, -0.25) is 0 Å². The van der Waals surface area contributed by atoms with Crippen LogP contribution in [-0.2, 0) is 14.3 Å². The molecule has 0 aliphatic carbocycles. The highest BCUT2D eigenvalue weighted by atomic mass is 16.6. The monoisotopic (exact) mass is 134 g/mol. The first-order valence-corrected chi connectivity index (χ1v) is 2.47. The highest BCUT2D eigenvalue weighted by molar-refractivity contribution is 5.74. The summed E-state index contributed by atoms with van der Waals surface area (Å²) in [6.45, 7) is -0.344. The van der Waals surface area contributed by atoms with E-state index in [0.29, 0.717) is 0 Å². The Morgan fingerprint density at radius 3 is 2.33 bits per heavy atom. The zero-order valence-electron chi connectivity index (χ0n) is 5.46. The Labute approximate surface area is 53.4 Å². The lowest BCUT2D eigenvalue weighted by Gasteiger charge is -2.07. The van der Waals surface area contributed by atoms with Gasteiger partial charge in [-0.05, 0) is 0 Å². The second-order valence-corrected chi connectivity index (χ2v) is 1.43. The summed E-state index contributed by atoms with van der Waals surface area (Å²) in [5.74, 6) is -0.556.